The van der Waals surface area contributed by atoms with Gasteiger partial charge in [0.1, 0.15) is 5.75 Å². The van der Waals surface area contributed by atoms with Crippen LogP contribution in [0.15, 0.2) is 18.2 Å². The van der Waals surface area contributed by atoms with Gasteiger partial charge in [-0.15, -0.1) is 0 Å². The molecule has 1 aromatic rings. The van der Waals surface area contributed by atoms with Crippen LogP contribution >= 0.6 is 0 Å². The minimum atomic E-state index is -0.213. The van der Waals surface area contributed by atoms with Crippen LogP contribution in [-0.2, 0) is 21.4 Å². The Kier molecular flexibility index (Phi) is 4.16. The number of carbonyl (C=O) groups is 1. The highest BCUT2D eigenvalue weighted by molar-refractivity contribution is 5.69. The van der Waals surface area contributed by atoms with E-state index in [-0.39, 0.29) is 11.4 Å². The third-order valence-electron chi connectivity index (χ3n) is 2.71. The van der Waals surface area contributed by atoms with Gasteiger partial charge in [-0.05, 0) is 29.0 Å². The second-order valence-electron chi connectivity index (χ2n) is 5.18. The quantitative estimate of drug-likeness (QED) is 0.821. The van der Waals surface area contributed by atoms with Crippen molar-refractivity contribution in [3.05, 3.63) is 29.3 Å². The fourth-order valence-corrected chi connectivity index (χ4v) is 1.69. The molecule has 0 amide bonds. The molecule has 94 valence electrons. The largest absolute Gasteiger partial charge is 0.508 e. The number of carbonyl (C=O) groups excluding carboxylic acids is 1. The Balaban J connectivity index is 2.86. The van der Waals surface area contributed by atoms with Gasteiger partial charge in [-0.2, -0.15) is 0 Å². The summed E-state index contributed by atoms with van der Waals surface area (Å²) in [5.74, 6) is 0.0923. The molecule has 0 atom stereocenters. The summed E-state index contributed by atoms with van der Waals surface area (Å²) in [6.45, 7) is 6.14. The number of hydrogen-bond acceptors (Lipinski definition) is 3. The van der Waals surface area contributed by atoms with E-state index in [0.29, 0.717) is 18.6 Å². The molecule has 1 rings (SSSR count). The molecule has 0 aromatic heterocycles. The zero-order valence-corrected chi connectivity index (χ0v) is 10.9. The Hall–Kier alpha value is -1.51. The summed E-state index contributed by atoms with van der Waals surface area (Å²) in [5, 5.41) is 9.80. The van der Waals surface area contributed by atoms with Crippen LogP contribution < -0.4 is 0 Å². The van der Waals surface area contributed by atoms with Gasteiger partial charge >= 0.3 is 5.97 Å². The molecule has 1 aromatic carbocycles. The Morgan fingerprint density at radius 1 is 1.35 bits per heavy atom. The number of ether oxygens (including phenoxy) is 1. The van der Waals surface area contributed by atoms with Gasteiger partial charge in [-0.25, -0.2) is 0 Å². The number of methoxy groups -OCH3 is 1. The average Bonchev–Trinajstić information content (AvgIpc) is 2.26. The molecule has 0 bridgehead atoms. The highest BCUT2D eigenvalue weighted by Crippen LogP contribution is 2.31. The van der Waals surface area contributed by atoms with Gasteiger partial charge in [-0.3, -0.25) is 4.79 Å². The number of benzene rings is 1. The van der Waals surface area contributed by atoms with Crippen molar-refractivity contribution in [2.75, 3.05) is 7.11 Å². The minimum absolute atomic E-state index is 0.106. The van der Waals surface area contributed by atoms with E-state index in [9.17, 15) is 9.90 Å². The Labute approximate surface area is 102 Å². The average molecular weight is 236 g/mol. The van der Waals surface area contributed by atoms with Crippen molar-refractivity contribution >= 4 is 5.97 Å². The van der Waals surface area contributed by atoms with E-state index >= 15 is 0 Å². The van der Waals surface area contributed by atoms with E-state index in [1.165, 1.54) is 7.11 Å². The summed E-state index contributed by atoms with van der Waals surface area (Å²) in [6, 6.07) is 5.49. The monoisotopic (exact) mass is 236 g/mol. The first-order chi connectivity index (χ1) is 7.84. The lowest BCUT2D eigenvalue weighted by molar-refractivity contribution is -0.140. The van der Waals surface area contributed by atoms with Crippen molar-refractivity contribution in [3.63, 3.8) is 0 Å². The number of phenolic OH excluding ortho intramolecular Hbond substituents is 1. The molecule has 0 aliphatic rings. The molecule has 3 nitrogen and oxygen atoms in total. The standard InChI is InChI=1S/C14H20O3/c1-14(2,3)11-9-10(5-7-12(11)15)6-8-13(16)17-4/h5,7,9,15H,6,8H2,1-4H3. The molecule has 0 spiro atoms. The number of phenols is 1. The molecular formula is C14H20O3. The van der Waals surface area contributed by atoms with Gasteiger partial charge < -0.3 is 9.84 Å². The third-order valence-corrected chi connectivity index (χ3v) is 2.71. The highest BCUT2D eigenvalue weighted by Gasteiger charge is 2.18. The fraction of sp³-hybridized carbons (Fsp3) is 0.500. The van der Waals surface area contributed by atoms with Crippen LogP contribution in [0.1, 0.15) is 38.3 Å². The predicted molar refractivity (Wildman–Crippen MR) is 67.1 cm³/mol. The lowest BCUT2D eigenvalue weighted by Gasteiger charge is -2.21. The van der Waals surface area contributed by atoms with Crippen LogP contribution in [0.4, 0.5) is 0 Å². The van der Waals surface area contributed by atoms with Gasteiger partial charge in [-0.1, -0.05) is 32.9 Å². The van der Waals surface area contributed by atoms with Crippen LogP contribution in [0.5, 0.6) is 5.75 Å². The number of esters is 1. The number of aromatic hydroxyl groups is 1. The highest BCUT2D eigenvalue weighted by atomic mass is 16.5. The summed E-state index contributed by atoms with van der Waals surface area (Å²) in [4.78, 5) is 11.1. The molecule has 0 aliphatic carbocycles. The van der Waals surface area contributed by atoms with Crippen LogP contribution in [0.25, 0.3) is 0 Å². The van der Waals surface area contributed by atoms with Crippen LogP contribution in [0.2, 0.25) is 0 Å². The lowest BCUT2D eigenvalue weighted by Crippen LogP contribution is -2.12. The van der Waals surface area contributed by atoms with Gasteiger partial charge in [0.15, 0.2) is 0 Å². The fourth-order valence-electron chi connectivity index (χ4n) is 1.69. The first-order valence-electron chi connectivity index (χ1n) is 5.74. The molecule has 0 aliphatic heterocycles. The van der Waals surface area contributed by atoms with Gasteiger partial charge in [0.05, 0.1) is 7.11 Å². The van der Waals surface area contributed by atoms with E-state index in [2.05, 4.69) is 4.74 Å². The lowest BCUT2D eigenvalue weighted by atomic mass is 9.85. The van der Waals surface area contributed by atoms with Crippen LogP contribution in [0, 0.1) is 0 Å². The molecule has 0 saturated carbocycles. The summed E-state index contributed by atoms with van der Waals surface area (Å²) >= 11 is 0. The molecule has 0 fully saturated rings. The van der Waals surface area contributed by atoms with E-state index in [4.69, 9.17) is 0 Å². The molecular weight excluding hydrogens is 216 g/mol. The molecule has 0 unspecified atom stereocenters. The second-order valence-corrected chi connectivity index (χ2v) is 5.18. The zero-order chi connectivity index (χ0) is 13.1. The molecule has 0 saturated heterocycles. The van der Waals surface area contributed by atoms with Crippen LogP contribution in [-0.4, -0.2) is 18.2 Å². The minimum Gasteiger partial charge on any atom is -0.508 e. The van der Waals surface area contributed by atoms with Crippen molar-refractivity contribution in [2.45, 2.75) is 39.0 Å². The van der Waals surface area contributed by atoms with Crippen molar-refractivity contribution in [3.8, 4) is 5.75 Å². The summed E-state index contributed by atoms with van der Waals surface area (Å²) in [7, 11) is 1.39. The molecule has 1 N–H and O–H groups in total. The number of rotatable bonds is 3. The van der Waals surface area contributed by atoms with Gasteiger partial charge in [0.25, 0.3) is 0 Å². The first kappa shape index (κ1) is 13.6. The van der Waals surface area contributed by atoms with Crippen molar-refractivity contribution in [1.29, 1.82) is 0 Å². The van der Waals surface area contributed by atoms with Gasteiger partial charge in [0.2, 0.25) is 0 Å². The Morgan fingerprint density at radius 3 is 2.53 bits per heavy atom. The Morgan fingerprint density at radius 2 is 2.00 bits per heavy atom. The maximum atomic E-state index is 11.1. The molecule has 0 radical (unpaired) electrons. The van der Waals surface area contributed by atoms with E-state index in [0.717, 1.165) is 11.1 Å². The van der Waals surface area contributed by atoms with E-state index in [1.54, 1.807) is 6.07 Å². The predicted octanol–water partition coefficient (Wildman–Crippen LogP) is 2.80. The van der Waals surface area contributed by atoms with E-state index < -0.39 is 0 Å². The summed E-state index contributed by atoms with van der Waals surface area (Å²) in [6.07, 6.45) is 1.00. The SMILES string of the molecule is COC(=O)CCc1ccc(O)c(C(C)(C)C)c1. The molecule has 0 heterocycles. The summed E-state index contributed by atoms with van der Waals surface area (Å²) < 4.78 is 4.60. The zero-order valence-electron chi connectivity index (χ0n) is 10.9. The summed E-state index contributed by atoms with van der Waals surface area (Å²) in [5.41, 5.74) is 1.84. The van der Waals surface area contributed by atoms with Crippen molar-refractivity contribution < 1.29 is 14.6 Å². The molecule has 3 heteroatoms. The molecule has 17 heavy (non-hydrogen) atoms. The smallest absolute Gasteiger partial charge is 0.305 e. The van der Waals surface area contributed by atoms with Gasteiger partial charge in [0, 0.05) is 6.42 Å². The second kappa shape index (κ2) is 5.21. The van der Waals surface area contributed by atoms with Crippen molar-refractivity contribution in [1.82, 2.24) is 0 Å². The number of hydrogen-bond donors (Lipinski definition) is 1. The first-order valence-corrected chi connectivity index (χ1v) is 5.74. The normalized spacial score (nSPS) is 11.3. The topological polar surface area (TPSA) is 46.5 Å². The Bertz CT molecular complexity index is 402. The van der Waals surface area contributed by atoms with E-state index in [1.807, 2.05) is 32.9 Å². The number of aryl methyl sites for hydroxylation is 1. The van der Waals surface area contributed by atoms with Crippen LogP contribution in [0.3, 0.4) is 0 Å². The maximum absolute atomic E-state index is 11.1. The van der Waals surface area contributed by atoms with Crippen molar-refractivity contribution in [2.24, 2.45) is 0 Å². The maximum Gasteiger partial charge on any atom is 0.305 e. The third kappa shape index (κ3) is 3.77.